The van der Waals surface area contributed by atoms with Gasteiger partial charge in [0.05, 0.1) is 29.7 Å². The van der Waals surface area contributed by atoms with Crippen molar-refractivity contribution in [2.45, 2.75) is 58.2 Å². The van der Waals surface area contributed by atoms with Crippen LogP contribution in [0.15, 0.2) is 30.6 Å². The van der Waals surface area contributed by atoms with Crippen molar-refractivity contribution in [1.29, 1.82) is 0 Å². The first-order valence-electron chi connectivity index (χ1n) is 12.8. The zero-order chi connectivity index (χ0) is 25.8. The Morgan fingerprint density at radius 2 is 1.86 bits per heavy atom. The van der Waals surface area contributed by atoms with Gasteiger partial charge in [0.15, 0.2) is 11.6 Å². The van der Waals surface area contributed by atoms with Crippen LogP contribution < -0.4 is 14.4 Å². The quantitative estimate of drug-likeness (QED) is 0.543. The highest BCUT2D eigenvalue weighted by Crippen LogP contribution is 2.57. The van der Waals surface area contributed by atoms with Gasteiger partial charge in [0.2, 0.25) is 0 Å². The normalized spacial score (nSPS) is 28.5. The number of fused-ring (bicyclic) bond motifs is 3. The fraction of sp³-hybridized carbons (Fsp3) is 0.519. The van der Waals surface area contributed by atoms with Gasteiger partial charge < -0.3 is 19.5 Å². The molecule has 0 radical (unpaired) electrons. The highest BCUT2D eigenvalue weighted by atomic mass is 19.1. The number of anilines is 1. The van der Waals surface area contributed by atoms with Gasteiger partial charge in [0.25, 0.3) is 11.8 Å². The molecule has 0 saturated heterocycles. The van der Waals surface area contributed by atoms with Crippen molar-refractivity contribution in [3.8, 4) is 40.2 Å². The fourth-order valence-corrected chi connectivity index (χ4v) is 6.46. The van der Waals surface area contributed by atoms with Crippen LogP contribution >= 0.6 is 0 Å². The van der Waals surface area contributed by atoms with Crippen molar-refractivity contribution >= 4 is 5.82 Å². The van der Waals surface area contributed by atoms with E-state index >= 15 is 4.39 Å². The first-order chi connectivity index (χ1) is 17.7. The van der Waals surface area contributed by atoms with Crippen LogP contribution in [0.25, 0.3) is 22.6 Å². The molecule has 0 unspecified atom stereocenters. The molecule has 1 aliphatic heterocycles. The summed E-state index contributed by atoms with van der Waals surface area (Å²) in [6.07, 6.45) is 7.10. The number of nitrogens with zero attached hydrogens (tertiary/aromatic N) is 6. The second-order valence-corrected chi connectivity index (χ2v) is 11.2. The first-order valence-corrected chi connectivity index (χ1v) is 12.8. The highest BCUT2D eigenvalue weighted by molar-refractivity contribution is 5.71. The van der Waals surface area contributed by atoms with Crippen molar-refractivity contribution in [2.75, 3.05) is 25.2 Å². The van der Waals surface area contributed by atoms with Crippen LogP contribution in [0.5, 0.6) is 17.5 Å². The molecule has 194 valence electrons. The van der Waals surface area contributed by atoms with E-state index in [0.717, 1.165) is 32.1 Å². The first kappa shape index (κ1) is 23.8. The second-order valence-electron chi connectivity index (χ2n) is 11.2. The van der Waals surface area contributed by atoms with E-state index in [9.17, 15) is 5.11 Å². The molecular weight excluding hydrogens is 475 g/mol. The maximum atomic E-state index is 15.7. The van der Waals surface area contributed by atoms with Crippen LogP contribution in [0.3, 0.4) is 0 Å². The maximum Gasteiger partial charge on any atom is 0.278 e. The number of aromatic hydroxyl groups is 1. The van der Waals surface area contributed by atoms with Crippen LogP contribution in [0.2, 0.25) is 0 Å². The van der Waals surface area contributed by atoms with Crippen molar-refractivity contribution in [3.05, 3.63) is 30.6 Å². The van der Waals surface area contributed by atoms with E-state index < -0.39 is 6.17 Å². The Kier molecular flexibility index (Phi) is 5.65. The Balaban J connectivity index is 1.22. The van der Waals surface area contributed by atoms with Gasteiger partial charge in [-0.05, 0) is 43.2 Å². The molecular formula is C27H31FN6O3. The minimum Gasteiger partial charge on any atom is -0.507 e. The smallest absolute Gasteiger partial charge is 0.278 e. The van der Waals surface area contributed by atoms with Gasteiger partial charge >= 0.3 is 0 Å². The molecule has 4 atom stereocenters. The topological polar surface area (TPSA) is 106 Å². The van der Waals surface area contributed by atoms with E-state index in [1.54, 1.807) is 30.6 Å². The molecule has 2 aliphatic carbocycles. The Morgan fingerprint density at radius 3 is 2.62 bits per heavy atom. The number of hydrogen-bond acceptors (Lipinski definition) is 9. The lowest BCUT2D eigenvalue weighted by molar-refractivity contribution is -0.0540. The van der Waals surface area contributed by atoms with Gasteiger partial charge in [-0.15, -0.1) is 10.2 Å². The van der Waals surface area contributed by atoms with Gasteiger partial charge in [0.1, 0.15) is 25.1 Å². The number of phenols is 1. The number of rotatable bonds is 4. The highest BCUT2D eigenvalue weighted by Gasteiger charge is 2.54. The van der Waals surface area contributed by atoms with Crippen LogP contribution in [-0.2, 0) is 0 Å². The van der Waals surface area contributed by atoms with Crippen LogP contribution in [0.4, 0.5) is 10.2 Å². The molecule has 1 N–H and O–H groups in total. The number of benzene rings is 1. The largest absolute Gasteiger partial charge is 0.507 e. The number of phenolic OH excluding ortho intramolecular Hbond substituents is 1. The van der Waals surface area contributed by atoms with Gasteiger partial charge in [-0.3, -0.25) is 0 Å². The number of halogens is 1. The Bertz CT molecular complexity index is 1320. The fourth-order valence-electron chi connectivity index (χ4n) is 6.46. The monoisotopic (exact) mass is 506 g/mol. The molecule has 3 heterocycles. The molecule has 2 saturated carbocycles. The predicted octanol–water partition coefficient (Wildman–Crippen LogP) is 4.61. The summed E-state index contributed by atoms with van der Waals surface area (Å²) in [6.45, 7) is 5.22. The molecule has 37 heavy (non-hydrogen) atoms. The lowest BCUT2D eigenvalue weighted by atomic mass is 9.54. The zero-order valence-corrected chi connectivity index (χ0v) is 21.3. The summed E-state index contributed by atoms with van der Waals surface area (Å²) >= 11 is 0. The van der Waals surface area contributed by atoms with E-state index in [4.69, 9.17) is 9.47 Å². The summed E-state index contributed by atoms with van der Waals surface area (Å²) in [5, 5.41) is 19.4. The average molecular weight is 507 g/mol. The van der Waals surface area contributed by atoms with Gasteiger partial charge in [-0.2, -0.15) is 0 Å². The van der Waals surface area contributed by atoms with Crippen molar-refractivity contribution in [3.63, 3.8) is 0 Å². The molecule has 6 rings (SSSR count). The summed E-state index contributed by atoms with van der Waals surface area (Å²) in [7, 11) is 1.87. The van der Waals surface area contributed by atoms with Gasteiger partial charge in [0, 0.05) is 18.0 Å². The Labute approximate surface area is 215 Å². The third-order valence-electron chi connectivity index (χ3n) is 8.28. The molecule has 2 bridgehead atoms. The van der Waals surface area contributed by atoms with Crippen molar-refractivity contribution in [1.82, 2.24) is 25.1 Å². The van der Waals surface area contributed by atoms with E-state index in [0.29, 0.717) is 47.6 Å². The Morgan fingerprint density at radius 1 is 1.05 bits per heavy atom. The summed E-state index contributed by atoms with van der Waals surface area (Å²) in [6, 6.07) is 4.82. The summed E-state index contributed by atoms with van der Waals surface area (Å²) in [5.41, 5.74) is 1.48. The molecule has 0 spiro atoms. The minimum atomic E-state index is -0.937. The summed E-state index contributed by atoms with van der Waals surface area (Å²) in [4.78, 5) is 15.0. The van der Waals surface area contributed by atoms with Gasteiger partial charge in [-0.25, -0.2) is 19.3 Å². The summed E-state index contributed by atoms with van der Waals surface area (Å²) < 4.78 is 26.6. The van der Waals surface area contributed by atoms with E-state index in [1.165, 1.54) is 0 Å². The molecule has 2 aromatic heterocycles. The molecule has 1 aromatic carbocycles. The molecule has 3 aliphatic rings. The van der Waals surface area contributed by atoms with E-state index in [-0.39, 0.29) is 28.4 Å². The summed E-state index contributed by atoms with van der Waals surface area (Å²) in [5.74, 6) is 1.48. The molecule has 0 amide bonds. The molecule has 3 aromatic rings. The molecule has 10 heteroatoms. The molecule has 9 nitrogen and oxygen atoms in total. The molecule has 2 fully saturated rings. The SMILES string of the molecule is CN(c1cnc(-c2ccc(-c3cnc4c(n3)OCCO4)cc2O)nn1)[C@@H]1C[C@@]2(C)CCC[C@](C)(C2)[C@@H]1F. The number of alkyl halides is 1. The van der Waals surface area contributed by atoms with E-state index in [2.05, 4.69) is 39.0 Å². The second kappa shape index (κ2) is 8.78. The lowest BCUT2D eigenvalue weighted by Crippen LogP contribution is -2.57. The number of ether oxygens (including phenoxy) is 2. The maximum absolute atomic E-state index is 15.7. The Hall–Kier alpha value is -3.56. The van der Waals surface area contributed by atoms with Crippen LogP contribution in [0.1, 0.15) is 46.0 Å². The minimum absolute atomic E-state index is 0.0122. The van der Waals surface area contributed by atoms with E-state index in [1.807, 2.05) is 11.9 Å². The predicted molar refractivity (Wildman–Crippen MR) is 135 cm³/mol. The van der Waals surface area contributed by atoms with Crippen molar-refractivity contribution in [2.24, 2.45) is 10.8 Å². The zero-order valence-electron chi connectivity index (χ0n) is 21.3. The third kappa shape index (κ3) is 4.22. The van der Waals surface area contributed by atoms with Crippen molar-refractivity contribution < 1.29 is 19.0 Å². The average Bonchev–Trinajstić information content (AvgIpc) is 2.90. The lowest BCUT2D eigenvalue weighted by Gasteiger charge is -2.55. The van der Waals surface area contributed by atoms with Crippen LogP contribution in [-0.4, -0.2) is 62.7 Å². The third-order valence-corrected chi connectivity index (χ3v) is 8.28. The number of aromatic nitrogens is 5. The standard InChI is InChI=1S/C27H31FN6O3/c1-26-7-4-8-27(2,15-26)22(28)19(12-26)34(3)21-14-29-23(33-32-21)17-6-5-16(11-20(17)35)18-13-30-24-25(31-18)37-10-9-36-24/h5-6,11,13-14,19,22,35H,4,7-10,12,15H2,1-3H3/t19-,22-,26-,27-/m1/s1. The number of hydrogen-bond donors (Lipinski definition) is 1. The van der Waals surface area contributed by atoms with Crippen LogP contribution in [0, 0.1) is 10.8 Å². The van der Waals surface area contributed by atoms with Gasteiger partial charge in [-0.1, -0.05) is 26.3 Å².